The average molecular weight is 421 g/mol. The van der Waals surface area contributed by atoms with E-state index in [1.54, 1.807) is 25.3 Å². The summed E-state index contributed by atoms with van der Waals surface area (Å²) in [5.74, 6) is -0.283. The van der Waals surface area contributed by atoms with E-state index in [0.29, 0.717) is 28.5 Å². The van der Waals surface area contributed by atoms with Crippen molar-refractivity contribution < 1.29 is 9.59 Å². The Morgan fingerprint density at radius 1 is 1.37 bits per heavy atom. The molecular weight excluding hydrogens is 404 g/mol. The molecule has 27 heavy (non-hydrogen) atoms. The lowest BCUT2D eigenvalue weighted by atomic mass is 10.2. The molecule has 1 aliphatic rings. The van der Waals surface area contributed by atoms with Crippen molar-refractivity contribution in [3.8, 4) is 10.4 Å². The molecular formula is C17H16N4O3S3. The highest BCUT2D eigenvalue weighted by Gasteiger charge is 2.31. The number of fused-ring (bicyclic) bond motifs is 1. The summed E-state index contributed by atoms with van der Waals surface area (Å²) >= 11 is 4.19. The Morgan fingerprint density at radius 3 is 2.85 bits per heavy atom. The van der Waals surface area contributed by atoms with Crippen molar-refractivity contribution in [2.75, 3.05) is 13.1 Å². The molecule has 3 aromatic rings. The van der Waals surface area contributed by atoms with Crippen molar-refractivity contribution >= 4 is 56.6 Å². The van der Waals surface area contributed by atoms with Crippen LogP contribution in [0.15, 0.2) is 32.8 Å². The third kappa shape index (κ3) is 3.17. The number of hydrogen-bond donors (Lipinski definition) is 1. The normalized spacial score (nSPS) is 15.3. The maximum absolute atomic E-state index is 12.9. The standard InChI is InChI=1S/C17H16N4O3S3/c1-9(14(22)21-6-5-18-16(21)24)27-17-19-13-12(15(23)20(17)2)10(8-26-13)11-4-3-7-25-11/h3-4,7-9H,5-6H2,1-2H3,(H,18,24). The highest BCUT2D eigenvalue weighted by molar-refractivity contribution is 8.00. The number of thioether (sulfide) groups is 1. The number of amides is 3. The molecule has 3 amide bonds. The number of aromatic nitrogens is 2. The van der Waals surface area contributed by atoms with Crippen LogP contribution in [0.4, 0.5) is 4.79 Å². The second kappa shape index (κ2) is 7.10. The maximum atomic E-state index is 12.9. The van der Waals surface area contributed by atoms with Gasteiger partial charge in [-0.3, -0.25) is 19.1 Å². The van der Waals surface area contributed by atoms with Gasteiger partial charge in [0.05, 0.1) is 10.6 Å². The van der Waals surface area contributed by atoms with E-state index in [9.17, 15) is 14.4 Å². The zero-order valence-corrected chi connectivity index (χ0v) is 17.0. The van der Waals surface area contributed by atoms with Gasteiger partial charge in [-0.05, 0) is 18.4 Å². The molecule has 0 radical (unpaired) electrons. The molecule has 0 spiro atoms. The molecule has 10 heteroatoms. The number of nitrogens with one attached hydrogen (secondary N) is 1. The third-order valence-electron chi connectivity index (χ3n) is 4.31. The van der Waals surface area contributed by atoms with E-state index < -0.39 is 5.25 Å². The van der Waals surface area contributed by atoms with Crippen molar-refractivity contribution in [2.24, 2.45) is 7.05 Å². The maximum Gasteiger partial charge on any atom is 0.324 e. The smallest absolute Gasteiger partial charge is 0.324 e. The van der Waals surface area contributed by atoms with E-state index in [4.69, 9.17) is 0 Å². The lowest BCUT2D eigenvalue weighted by molar-refractivity contribution is -0.126. The van der Waals surface area contributed by atoms with Crippen LogP contribution in [-0.4, -0.2) is 44.7 Å². The van der Waals surface area contributed by atoms with Crippen molar-refractivity contribution in [1.82, 2.24) is 19.8 Å². The molecule has 1 unspecified atom stereocenters. The van der Waals surface area contributed by atoms with E-state index in [-0.39, 0.29) is 17.5 Å². The van der Waals surface area contributed by atoms with Crippen LogP contribution >= 0.6 is 34.4 Å². The molecule has 1 N–H and O–H groups in total. The first-order valence-electron chi connectivity index (χ1n) is 8.25. The Balaban J connectivity index is 1.67. The van der Waals surface area contributed by atoms with Gasteiger partial charge in [0.25, 0.3) is 5.56 Å². The number of carbonyl (C=O) groups excluding carboxylic acids is 2. The van der Waals surface area contributed by atoms with Crippen LogP contribution in [-0.2, 0) is 11.8 Å². The van der Waals surface area contributed by atoms with Gasteiger partial charge >= 0.3 is 6.03 Å². The lowest BCUT2D eigenvalue weighted by Gasteiger charge is -2.17. The molecule has 0 aliphatic carbocycles. The van der Waals surface area contributed by atoms with Gasteiger partial charge < -0.3 is 5.32 Å². The summed E-state index contributed by atoms with van der Waals surface area (Å²) in [6.45, 7) is 2.55. The molecule has 1 saturated heterocycles. The monoisotopic (exact) mass is 420 g/mol. The largest absolute Gasteiger partial charge is 0.336 e. The van der Waals surface area contributed by atoms with Crippen LogP contribution in [0.5, 0.6) is 0 Å². The average Bonchev–Trinajstić information content (AvgIpc) is 3.38. The van der Waals surface area contributed by atoms with Crippen LogP contribution in [0, 0.1) is 0 Å². The molecule has 0 aromatic carbocycles. The van der Waals surface area contributed by atoms with Gasteiger partial charge in [0.15, 0.2) is 5.16 Å². The minimum absolute atomic E-state index is 0.134. The van der Waals surface area contributed by atoms with Crippen LogP contribution < -0.4 is 10.9 Å². The van der Waals surface area contributed by atoms with Crippen molar-refractivity contribution in [3.05, 3.63) is 33.2 Å². The second-order valence-electron chi connectivity index (χ2n) is 6.05. The molecule has 1 aliphatic heterocycles. The Labute approximate surface area is 167 Å². The summed E-state index contributed by atoms with van der Waals surface area (Å²) in [5.41, 5.74) is 0.762. The molecule has 3 aromatic heterocycles. The summed E-state index contributed by atoms with van der Waals surface area (Å²) in [7, 11) is 1.66. The highest BCUT2D eigenvalue weighted by Crippen LogP contribution is 2.35. The van der Waals surface area contributed by atoms with Crippen LogP contribution in [0.25, 0.3) is 20.7 Å². The first kappa shape index (κ1) is 18.2. The van der Waals surface area contributed by atoms with Gasteiger partial charge in [0.1, 0.15) is 4.83 Å². The molecule has 4 rings (SSSR count). The van der Waals surface area contributed by atoms with Gasteiger partial charge in [-0.25, -0.2) is 9.78 Å². The van der Waals surface area contributed by atoms with E-state index >= 15 is 0 Å². The predicted octanol–water partition coefficient (Wildman–Crippen LogP) is 2.76. The van der Waals surface area contributed by atoms with Gasteiger partial charge in [-0.15, -0.1) is 22.7 Å². The second-order valence-corrected chi connectivity index (χ2v) is 9.16. The number of imide groups is 1. The SMILES string of the molecule is CC(Sc1nc2scc(-c3cccs3)c2c(=O)n1C)C(=O)N1CCNC1=O. The molecule has 0 saturated carbocycles. The number of thiophene rings is 2. The zero-order valence-electron chi connectivity index (χ0n) is 14.6. The quantitative estimate of drug-likeness (QED) is 0.518. The molecule has 1 fully saturated rings. The molecule has 1 atom stereocenters. The Bertz CT molecular complexity index is 1090. The topological polar surface area (TPSA) is 84.3 Å². The molecule has 140 valence electrons. The summed E-state index contributed by atoms with van der Waals surface area (Å²) in [4.78, 5) is 44.7. The Kier molecular flexibility index (Phi) is 4.79. The number of carbonyl (C=O) groups is 2. The van der Waals surface area contributed by atoms with E-state index in [1.807, 2.05) is 22.9 Å². The molecule has 7 nitrogen and oxygen atoms in total. The predicted molar refractivity (Wildman–Crippen MR) is 109 cm³/mol. The number of rotatable bonds is 4. The van der Waals surface area contributed by atoms with E-state index in [1.165, 1.54) is 32.6 Å². The molecule has 4 heterocycles. The fraction of sp³-hybridized carbons (Fsp3) is 0.294. The van der Waals surface area contributed by atoms with Gasteiger partial charge in [-0.1, -0.05) is 17.8 Å². The Morgan fingerprint density at radius 2 is 2.19 bits per heavy atom. The summed E-state index contributed by atoms with van der Waals surface area (Å²) in [6.07, 6.45) is 0. The summed E-state index contributed by atoms with van der Waals surface area (Å²) < 4.78 is 1.48. The summed E-state index contributed by atoms with van der Waals surface area (Å²) in [5, 5.41) is 7.08. The third-order valence-corrected chi connectivity index (χ3v) is 7.22. The van der Waals surface area contributed by atoms with Crippen molar-refractivity contribution in [2.45, 2.75) is 17.3 Å². The molecule has 0 bridgehead atoms. The van der Waals surface area contributed by atoms with Gasteiger partial charge in [0.2, 0.25) is 5.91 Å². The van der Waals surface area contributed by atoms with E-state index in [0.717, 1.165) is 10.4 Å². The van der Waals surface area contributed by atoms with Gasteiger partial charge in [-0.2, -0.15) is 0 Å². The van der Waals surface area contributed by atoms with Gasteiger partial charge in [0, 0.05) is 36.0 Å². The number of hydrogen-bond acceptors (Lipinski definition) is 7. The first-order chi connectivity index (χ1) is 13.0. The van der Waals surface area contributed by atoms with E-state index in [2.05, 4.69) is 10.3 Å². The van der Waals surface area contributed by atoms with Crippen LogP contribution in [0.1, 0.15) is 6.92 Å². The minimum atomic E-state index is -0.527. The van der Waals surface area contributed by atoms with Crippen molar-refractivity contribution in [1.29, 1.82) is 0 Å². The highest BCUT2D eigenvalue weighted by atomic mass is 32.2. The first-order valence-corrected chi connectivity index (χ1v) is 10.9. The minimum Gasteiger partial charge on any atom is -0.336 e. The zero-order chi connectivity index (χ0) is 19.1. The fourth-order valence-corrected chi connectivity index (χ4v) is 5.62. The number of urea groups is 1. The lowest BCUT2D eigenvalue weighted by Crippen LogP contribution is -2.39. The number of nitrogens with zero attached hydrogens (tertiary/aromatic N) is 3. The fourth-order valence-electron chi connectivity index (χ4n) is 2.88. The van der Waals surface area contributed by atoms with Crippen LogP contribution in [0.2, 0.25) is 0 Å². The Hall–Kier alpha value is -2.17. The van der Waals surface area contributed by atoms with Crippen molar-refractivity contribution in [3.63, 3.8) is 0 Å². The summed E-state index contributed by atoms with van der Waals surface area (Å²) in [6, 6.07) is 3.56. The van der Waals surface area contributed by atoms with Crippen LogP contribution in [0.3, 0.4) is 0 Å².